The van der Waals surface area contributed by atoms with Gasteiger partial charge in [0.2, 0.25) is 0 Å². The van der Waals surface area contributed by atoms with Gasteiger partial charge in [0, 0.05) is 0 Å². The second-order valence-electron chi connectivity index (χ2n) is 0.271. The molecule has 0 radical (unpaired) electrons. The third-order valence-electron chi connectivity index (χ3n) is 0. The van der Waals surface area contributed by atoms with Gasteiger partial charge in [-0.3, -0.25) is 0 Å². The minimum Gasteiger partial charge on any atom is -0.379 e. The van der Waals surface area contributed by atoms with Crippen LogP contribution in [0.3, 0.4) is 0 Å². The van der Waals surface area contributed by atoms with Crippen LogP contribution in [0.2, 0.25) is 0 Å². The molecule has 0 aliphatic heterocycles. The normalized spacial score (nSPS) is 6.00. The summed E-state index contributed by atoms with van der Waals surface area (Å²) in [6, 6.07) is 0. The molecule has 0 saturated carbocycles. The zero-order chi connectivity index (χ0) is 6.28. The summed E-state index contributed by atoms with van der Waals surface area (Å²) < 4.78 is 25.2. The van der Waals surface area contributed by atoms with Crippen LogP contribution in [0.15, 0.2) is 5.34 Å². The Labute approximate surface area is 69.8 Å². The quantitative estimate of drug-likeness (QED) is 0.211. The van der Waals surface area contributed by atoms with Crippen LogP contribution in [0, 0.1) is 15.7 Å². The average Bonchev–Trinajstić information content (AvgIpc) is 1.33. The molecule has 0 aliphatic rings. The molecule has 0 spiro atoms. The van der Waals surface area contributed by atoms with Crippen LogP contribution in [0.1, 0.15) is 0 Å². The summed E-state index contributed by atoms with van der Waals surface area (Å²) in [4.78, 5) is 8.11. The first-order valence-electron chi connectivity index (χ1n) is 0.845. The first-order chi connectivity index (χ1) is 3.15. The summed E-state index contributed by atoms with van der Waals surface area (Å²) in [5.41, 5.74) is 0. The van der Waals surface area contributed by atoms with Gasteiger partial charge in [-0.25, -0.2) is 0 Å². The molecule has 0 aromatic rings. The molecule has 0 fully saturated rings. The smallest absolute Gasteiger partial charge is 0.379 e. The van der Waals surface area contributed by atoms with Gasteiger partial charge >= 0.3 is 29.6 Å². The predicted molar refractivity (Wildman–Crippen MR) is 7.58 cm³/mol. The first kappa shape index (κ1) is 15.8. The fourth-order valence-corrected chi connectivity index (χ4v) is 0. The molecule has 44 valence electrons. The molecule has 0 unspecified atom stereocenters. The summed E-state index contributed by atoms with van der Waals surface area (Å²) in [7, 11) is -2.85. The summed E-state index contributed by atoms with van der Waals surface area (Å²) >= 11 is 0. The van der Waals surface area contributed by atoms with Crippen LogP contribution in [0.4, 0.5) is 0 Å². The zero-order valence-corrected chi connectivity index (χ0v) is 6.66. The van der Waals surface area contributed by atoms with Gasteiger partial charge in [0.25, 0.3) is 0 Å². The van der Waals surface area contributed by atoms with Crippen molar-refractivity contribution < 1.29 is 59.5 Å². The van der Waals surface area contributed by atoms with Gasteiger partial charge in [-0.05, 0) is 0 Å². The van der Waals surface area contributed by atoms with Crippen molar-refractivity contribution in [3.8, 4) is 0 Å². The molecular formula is HClNNaO5. The largest absolute Gasteiger partial charge is 1.00 e. The van der Waals surface area contributed by atoms with Gasteiger partial charge in [-0.15, -0.1) is 4.91 Å². The van der Waals surface area contributed by atoms with Crippen molar-refractivity contribution in [3.05, 3.63) is 4.91 Å². The van der Waals surface area contributed by atoms with E-state index in [-0.39, 0.29) is 29.6 Å². The molecular weight excluding hydrogens is 152 g/mol. The van der Waals surface area contributed by atoms with Crippen molar-refractivity contribution >= 4 is 0 Å². The van der Waals surface area contributed by atoms with Crippen LogP contribution >= 0.6 is 0 Å². The van der Waals surface area contributed by atoms with Crippen molar-refractivity contribution in [2.24, 2.45) is 5.34 Å². The Bertz CT molecular complexity index is 36.7. The predicted octanol–water partition coefficient (Wildman–Crippen LogP) is -6.42. The molecule has 0 aromatic heterocycles. The Morgan fingerprint density at radius 1 is 1.38 bits per heavy atom. The second kappa shape index (κ2) is 15.6. The van der Waals surface area contributed by atoms with Gasteiger partial charge in [0.05, 0.1) is 10.8 Å². The second-order valence-corrected chi connectivity index (χ2v) is 0.649. The van der Waals surface area contributed by atoms with Crippen molar-refractivity contribution in [2.75, 3.05) is 0 Å². The number of hydrogen-bond donors (Lipinski definition) is 1. The van der Waals surface area contributed by atoms with E-state index in [0.717, 1.165) is 0 Å². The van der Waals surface area contributed by atoms with E-state index in [1.807, 2.05) is 0 Å². The minimum atomic E-state index is -2.85. The molecule has 0 atom stereocenters. The molecule has 6 nitrogen and oxygen atoms in total. The average molecular weight is 153 g/mol. The fourth-order valence-electron chi connectivity index (χ4n) is 0. The fraction of sp³-hybridized carbons (Fsp3) is 0. The van der Waals surface area contributed by atoms with Gasteiger partial charge < -0.3 is 19.2 Å². The third kappa shape index (κ3) is 627. The molecule has 0 saturated heterocycles. The summed E-state index contributed by atoms with van der Waals surface area (Å²) in [6.45, 7) is 0. The van der Waals surface area contributed by atoms with Crippen molar-refractivity contribution in [1.29, 1.82) is 0 Å². The molecule has 8 heavy (non-hydrogen) atoms. The van der Waals surface area contributed by atoms with Crippen LogP contribution in [-0.2, 0) is 0 Å². The molecule has 0 heterocycles. The summed E-state index contributed by atoms with van der Waals surface area (Å²) in [5, 5.41) is 7.89. The SMILES string of the molecule is O=NO.[Na+].[O-][Cl+2]([O-])[O-]. The molecule has 0 aliphatic carbocycles. The van der Waals surface area contributed by atoms with Gasteiger partial charge in [0.1, 0.15) is 0 Å². The van der Waals surface area contributed by atoms with Crippen LogP contribution in [0.25, 0.3) is 0 Å². The monoisotopic (exact) mass is 153 g/mol. The van der Waals surface area contributed by atoms with E-state index in [4.69, 9.17) is 24.1 Å². The third-order valence-corrected chi connectivity index (χ3v) is 0. The van der Waals surface area contributed by atoms with Gasteiger partial charge in [0.15, 0.2) is 5.34 Å². The molecule has 0 rings (SSSR count). The van der Waals surface area contributed by atoms with Gasteiger partial charge in [-0.2, -0.15) is 0 Å². The van der Waals surface area contributed by atoms with E-state index in [1.165, 1.54) is 5.34 Å². The Morgan fingerprint density at radius 2 is 1.38 bits per heavy atom. The molecule has 0 amide bonds. The van der Waals surface area contributed by atoms with Crippen LogP contribution in [-0.4, -0.2) is 5.21 Å². The molecule has 8 heteroatoms. The Balaban J connectivity index is -0.0000000575. The number of halogens is 1. The standard InChI is InChI=1S/ClO3.HNO2.Na/c2-1(3)4;2-1-3;/h;(H,2,3);/q-1;;+1. The maximum atomic E-state index is 8.41. The Hall–Kier alpha value is 0.570. The van der Waals surface area contributed by atoms with Crippen molar-refractivity contribution in [3.63, 3.8) is 0 Å². The topological polar surface area (TPSA) is 119 Å². The zero-order valence-electron chi connectivity index (χ0n) is 3.91. The summed E-state index contributed by atoms with van der Waals surface area (Å²) in [5.74, 6) is 0. The van der Waals surface area contributed by atoms with Crippen molar-refractivity contribution in [2.45, 2.75) is 0 Å². The van der Waals surface area contributed by atoms with Gasteiger partial charge in [-0.1, -0.05) is 0 Å². The van der Waals surface area contributed by atoms with E-state index in [9.17, 15) is 0 Å². The van der Waals surface area contributed by atoms with E-state index in [2.05, 4.69) is 0 Å². The van der Waals surface area contributed by atoms with Crippen molar-refractivity contribution in [1.82, 2.24) is 0 Å². The Kier molecular flexibility index (Phi) is 31.0. The van der Waals surface area contributed by atoms with Crippen LogP contribution < -0.4 is 43.5 Å². The molecule has 1 N–H and O–H groups in total. The maximum absolute atomic E-state index is 8.41. The number of hydrogen-bond acceptors (Lipinski definition) is 5. The summed E-state index contributed by atoms with van der Waals surface area (Å²) in [6.07, 6.45) is 0. The molecule has 0 aromatic carbocycles. The van der Waals surface area contributed by atoms with E-state index in [1.54, 1.807) is 0 Å². The van der Waals surface area contributed by atoms with E-state index >= 15 is 0 Å². The Morgan fingerprint density at radius 3 is 1.38 bits per heavy atom. The minimum absolute atomic E-state index is 0. The van der Waals surface area contributed by atoms with E-state index < -0.39 is 10.8 Å². The number of rotatable bonds is 0. The molecule has 0 bridgehead atoms. The first-order valence-corrected chi connectivity index (χ1v) is 1.77. The number of nitrogens with zero attached hydrogens (tertiary/aromatic N) is 1. The maximum Gasteiger partial charge on any atom is 1.00 e. The van der Waals surface area contributed by atoms with Crippen LogP contribution in [0.5, 0.6) is 0 Å². The van der Waals surface area contributed by atoms with E-state index in [0.29, 0.717) is 0 Å².